The van der Waals surface area contributed by atoms with Gasteiger partial charge in [0.05, 0.1) is 11.1 Å². The normalized spacial score (nSPS) is 15.0. The molecule has 0 fully saturated rings. The van der Waals surface area contributed by atoms with E-state index in [1.54, 1.807) is 0 Å². The van der Waals surface area contributed by atoms with E-state index >= 15 is 0 Å². The molecule has 1 heterocycles. The molecule has 2 aliphatic carbocycles. The van der Waals surface area contributed by atoms with E-state index in [0.29, 0.717) is 0 Å². The Hall–Kier alpha value is -7.94. The summed E-state index contributed by atoms with van der Waals surface area (Å²) in [6.07, 6.45) is 0. The summed E-state index contributed by atoms with van der Waals surface area (Å²) in [5, 5.41) is 2.42. The van der Waals surface area contributed by atoms with Crippen LogP contribution in [0.4, 0.5) is 17.1 Å². The summed E-state index contributed by atoms with van der Waals surface area (Å²) in [6, 6.07) is 82.8. The lowest BCUT2D eigenvalue weighted by Gasteiger charge is -2.38. The molecule has 1 aliphatic heterocycles. The summed E-state index contributed by atoms with van der Waals surface area (Å²) in [5.41, 5.74) is 19.8. The van der Waals surface area contributed by atoms with Crippen molar-refractivity contribution in [3.05, 3.63) is 269 Å². The minimum atomic E-state index is -0.513. The fourth-order valence-corrected chi connectivity index (χ4v) is 12.2. The molecule has 0 radical (unpaired) electrons. The van der Waals surface area contributed by atoms with Crippen molar-refractivity contribution in [1.29, 1.82) is 0 Å². The van der Waals surface area contributed by atoms with Crippen LogP contribution >= 0.6 is 0 Å². The molecule has 0 aromatic heterocycles. The maximum absolute atomic E-state index is 7.51. The van der Waals surface area contributed by atoms with Gasteiger partial charge in [0.2, 0.25) is 0 Å². The molecule has 2 nitrogen and oxygen atoms in total. The van der Waals surface area contributed by atoms with Crippen LogP contribution in [0.2, 0.25) is 0 Å². The zero-order valence-corrected chi connectivity index (χ0v) is 38.2. The monoisotopic (exact) mass is 859 g/mol. The smallest absolute Gasteiger partial charge is 0.139 e. The third kappa shape index (κ3) is 5.57. The fraction of sp³-hybridized carbons (Fsp3) is 0.108. The fourth-order valence-electron chi connectivity index (χ4n) is 12.2. The van der Waals surface area contributed by atoms with E-state index in [4.69, 9.17) is 4.74 Å². The van der Waals surface area contributed by atoms with Crippen LogP contribution in [0.25, 0.3) is 44.2 Å². The van der Waals surface area contributed by atoms with Crippen LogP contribution in [0.15, 0.2) is 224 Å². The van der Waals surface area contributed by atoms with Gasteiger partial charge in [-0.2, -0.15) is 0 Å². The summed E-state index contributed by atoms with van der Waals surface area (Å²) in [5.74, 6) is 1.87. The van der Waals surface area contributed by atoms with E-state index < -0.39 is 5.41 Å². The van der Waals surface area contributed by atoms with Gasteiger partial charge in [-0.3, -0.25) is 0 Å². The molecule has 0 bridgehead atoms. The molecule has 13 rings (SSSR count). The number of nitrogens with zero attached hydrogens (tertiary/aromatic N) is 1. The first kappa shape index (κ1) is 39.4. The lowest BCUT2D eigenvalue weighted by molar-refractivity contribution is 0.420. The van der Waals surface area contributed by atoms with E-state index in [1.165, 1.54) is 77.5 Å². The standard InChI is InChI=1S/C65H49NO/c1-63(2)53-29-15-13-26-50(53)51-38-37-47(41-58(51)63)66(59-32-17-20-42-19-11-12-25-48(42)59)46-35-33-43(34-36-46)49-28-18-31-56-61(49)67-62-57(64(56,3)4)40-39-55-60(62)52-27-14-16-30-54(52)65(55,44-21-7-5-8-22-44)45-23-9-6-10-24-45/h5-41H,1-4H3. The Morgan fingerprint density at radius 2 is 0.896 bits per heavy atom. The van der Waals surface area contributed by atoms with Crippen LogP contribution in [0.5, 0.6) is 11.5 Å². The molecule has 0 unspecified atom stereocenters. The molecule has 0 saturated carbocycles. The average molecular weight is 860 g/mol. The highest BCUT2D eigenvalue weighted by atomic mass is 16.5. The maximum atomic E-state index is 7.51. The van der Waals surface area contributed by atoms with E-state index in [2.05, 4.69) is 257 Å². The summed E-state index contributed by atoms with van der Waals surface area (Å²) >= 11 is 0. The Balaban J connectivity index is 0.957. The molecule has 2 heteroatoms. The summed E-state index contributed by atoms with van der Waals surface area (Å²) in [7, 11) is 0. The van der Waals surface area contributed by atoms with Crippen LogP contribution in [-0.4, -0.2) is 0 Å². The summed E-state index contributed by atoms with van der Waals surface area (Å²) in [6.45, 7) is 9.42. The average Bonchev–Trinajstić information content (AvgIpc) is 3.80. The topological polar surface area (TPSA) is 12.5 Å². The van der Waals surface area contributed by atoms with Gasteiger partial charge < -0.3 is 9.64 Å². The molecule has 10 aromatic carbocycles. The second-order valence-electron chi connectivity index (χ2n) is 19.6. The second kappa shape index (κ2) is 14.5. The van der Waals surface area contributed by atoms with Crippen LogP contribution in [0.3, 0.4) is 0 Å². The van der Waals surface area contributed by atoms with Crippen LogP contribution in [-0.2, 0) is 16.2 Å². The molecule has 0 atom stereocenters. The summed E-state index contributed by atoms with van der Waals surface area (Å²) in [4.78, 5) is 2.44. The molecule has 320 valence electrons. The number of para-hydroxylation sites is 1. The highest BCUT2D eigenvalue weighted by molar-refractivity contribution is 6.00. The molecule has 3 aliphatic rings. The van der Waals surface area contributed by atoms with Gasteiger partial charge in [-0.25, -0.2) is 0 Å². The van der Waals surface area contributed by atoms with Gasteiger partial charge in [-0.15, -0.1) is 0 Å². The first-order valence-corrected chi connectivity index (χ1v) is 23.6. The number of hydrogen-bond acceptors (Lipinski definition) is 2. The third-order valence-corrected chi connectivity index (χ3v) is 15.4. The molecule has 0 saturated heterocycles. The Morgan fingerprint density at radius 3 is 1.66 bits per heavy atom. The zero-order valence-electron chi connectivity index (χ0n) is 38.2. The van der Waals surface area contributed by atoms with Crippen LogP contribution in [0, 0.1) is 0 Å². The van der Waals surface area contributed by atoms with E-state index in [-0.39, 0.29) is 10.8 Å². The Kier molecular flexibility index (Phi) is 8.55. The first-order valence-electron chi connectivity index (χ1n) is 23.6. The Bertz CT molecular complexity index is 3560. The SMILES string of the molecule is CC1(C)c2ccccc2-c2ccc(N(c3ccc(-c4cccc5c4Oc4c(ccc6c4-c4ccccc4C6(c4ccccc4)c4ccccc4)C5(C)C)cc3)c3cccc4ccccc34)cc21. The van der Waals surface area contributed by atoms with Gasteiger partial charge in [0.25, 0.3) is 0 Å². The van der Waals surface area contributed by atoms with Crippen molar-refractivity contribution in [2.45, 2.75) is 43.9 Å². The van der Waals surface area contributed by atoms with Gasteiger partial charge in [0.15, 0.2) is 0 Å². The molecular weight excluding hydrogens is 811 g/mol. The molecule has 0 spiro atoms. The van der Waals surface area contributed by atoms with Crippen molar-refractivity contribution in [3.63, 3.8) is 0 Å². The maximum Gasteiger partial charge on any atom is 0.139 e. The second-order valence-corrected chi connectivity index (χ2v) is 19.6. The minimum absolute atomic E-state index is 0.123. The highest BCUT2D eigenvalue weighted by Gasteiger charge is 2.49. The van der Waals surface area contributed by atoms with Gasteiger partial charge in [0.1, 0.15) is 11.5 Å². The first-order chi connectivity index (χ1) is 32.8. The van der Waals surface area contributed by atoms with E-state index in [1.807, 2.05) is 0 Å². The lowest BCUT2D eigenvalue weighted by atomic mass is 9.67. The van der Waals surface area contributed by atoms with E-state index in [9.17, 15) is 0 Å². The van der Waals surface area contributed by atoms with Crippen molar-refractivity contribution in [2.75, 3.05) is 4.90 Å². The number of rotatable bonds is 6. The molecule has 67 heavy (non-hydrogen) atoms. The van der Waals surface area contributed by atoms with Crippen molar-refractivity contribution in [2.24, 2.45) is 0 Å². The molecule has 0 amide bonds. The van der Waals surface area contributed by atoms with Gasteiger partial charge >= 0.3 is 0 Å². The van der Waals surface area contributed by atoms with Gasteiger partial charge in [-0.1, -0.05) is 222 Å². The summed E-state index contributed by atoms with van der Waals surface area (Å²) < 4.78 is 7.51. The molecule has 10 aromatic rings. The van der Waals surface area contributed by atoms with E-state index in [0.717, 1.165) is 39.7 Å². The van der Waals surface area contributed by atoms with Crippen LogP contribution < -0.4 is 9.64 Å². The zero-order chi connectivity index (χ0) is 45.1. The van der Waals surface area contributed by atoms with Crippen molar-refractivity contribution in [1.82, 2.24) is 0 Å². The number of ether oxygens (including phenoxy) is 1. The number of fused-ring (bicyclic) bond motifs is 10. The van der Waals surface area contributed by atoms with Crippen molar-refractivity contribution >= 4 is 27.8 Å². The van der Waals surface area contributed by atoms with Crippen molar-refractivity contribution in [3.8, 4) is 44.9 Å². The predicted molar refractivity (Wildman–Crippen MR) is 278 cm³/mol. The highest BCUT2D eigenvalue weighted by Crippen LogP contribution is 2.63. The Morgan fingerprint density at radius 1 is 0.358 bits per heavy atom. The number of anilines is 3. The number of hydrogen-bond donors (Lipinski definition) is 0. The number of benzene rings is 10. The quantitative estimate of drug-likeness (QED) is 0.165. The lowest BCUT2D eigenvalue weighted by Crippen LogP contribution is -2.29. The molecular formula is C65H49NO. The van der Waals surface area contributed by atoms with Gasteiger partial charge in [-0.05, 0) is 91.4 Å². The minimum Gasteiger partial charge on any atom is -0.455 e. The third-order valence-electron chi connectivity index (χ3n) is 15.4. The predicted octanol–water partition coefficient (Wildman–Crippen LogP) is 17.1. The van der Waals surface area contributed by atoms with Crippen molar-refractivity contribution < 1.29 is 4.74 Å². The largest absolute Gasteiger partial charge is 0.455 e. The molecule has 0 N–H and O–H groups in total. The Labute approximate surface area is 393 Å². The van der Waals surface area contributed by atoms with Crippen LogP contribution in [0.1, 0.15) is 72.2 Å². The van der Waals surface area contributed by atoms with Gasteiger partial charge in [0, 0.05) is 49.8 Å².